The fraction of sp³-hybridized carbons (Fsp3) is 0.174. The van der Waals surface area contributed by atoms with Crippen LogP contribution < -0.4 is 0 Å². The van der Waals surface area contributed by atoms with E-state index >= 15 is 0 Å². The van der Waals surface area contributed by atoms with E-state index in [-0.39, 0.29) is 5.78 Å². The summed E-state index contributed by atoms with van der Waals surface area (Å²) in [5, 5.41) is 0.834. The van der Waals surface area contributed by atoms with Crippen molar-refractivity contribution in [1.82, 2.24) is 15.0 Å². The predicted octanol–water partition coefficient (Wildman–Crippen LogP) is 5.20. The lowest BCUT2D eigenvalue weighted by Crippen LogP contribution is -2.01. The Bertz CT molecular complexity index is 1080. The molecule has 0 unspecified atom stereocenters. The van der Waals surface area contributed by atoms with Crippen molar-refractivity contribution in [1.29, 1.82) is 0 Å². The van der Waals surface area contributed by atoms with Gasteiger partial charge in [-0.2, -0.15) is 0 Å². The van der Waals surface area contributed by atoms with E-state index in [4.69, 9.17) is 0 Å². The second kappa shape index (κ2) is 7.54. The number of hydrogen-bond acceptors (Lipinski definition) is 3. The smallest absolute Gasteiger partial charge is 0.195 e. The summed E-state index contributed by atoms with van der Waals surface area (Å²) < 4.78 is 0. The number of benzene rings is 1. The highest BCUT2D eigenvalue weighted by Crippen LogP contribution is 2.26. The zero-order valence-electron chi connectivity index (χ0n) is 15.3. The van der Waals surface area contributed by atoms with Gasteiger partial charge in [-0.1, -0.05) is 37.6 Å². The zero-order chi connectivity index (χ0) is 18.6. The molecule has 27 heavy (non-hydrogen) atoms. The van der Waals surface area contributed by atoms with E-state index in [0.717, 1.165) is 41.3 Å². The minimum absolute atomic E-state index is 0.0183. The number of carbonyl (C=O) groups is 1. The largest absolute Gasteiger partial charge is 0.345 e. The predicted molar refractivity (Wildman–Crippen MR) is 108 cm³/mol. The molecule has 0 aliphatic heterocycles. The van der Waals surface area contributed by atoms with Crippen molar-refractivity contribution in [2.45, 2.75) is 26.2 Å². The van der Waals surface area contributed by atoms with Crippen LogP contribution in [0.4, 0.5) is 0 Å². The number of unbranched alkanes of at least 4 members (excludes halogenated alkanes) is 1. The first kappa shape index (κ1) is 17.2. The second-order valence-corrected chi connectivity index (χ2v) is 6.70. The number of nitrogens with zero attached hydrogens (tertiary/aromatic N) is 2. The van der Waals surface area contributed by atoms with Gasteiger partial charge in [-0.05, 0) is 36.6 Å². The number of carbonyl (C=O) groups excluding carboxylic acids is 1. The Hall–Kier alpha value is -3.27. The van der Waals surface area contributed by atoms with Gasteiger partial charge in [-0.25, -0.2) is 4.98 Å². The number of H-pyrrole nitrogens is 1. The summed E-state index contributed by atoms with van der Waals surface area (Å²) in [6.07, 6.45) is 10.4. The fourth-order valence-corrected chi connectivity index (χ4v) is 3.29. The van der Waals surface area contributed by atoms with E-state index in [1.165, 1.54) is 5.56 Å². The summed E-state index contributed by atoms with van der Waals surface area (Å²) in [4.78, 5) is 24.9. The number of aryl methyl sites for hydroxylation is 1. The summed E-state index contributed by atoms with van der Waals surface area (Å²) in [6, 6.07) is 13.8. The average Bonchev–Trinajstić information content (AvgIpc) is 3.16. The van der Waals surface area contributed by atoms with E-state index in [9.17, 15) is 4.79 Å². The molecule has 134 valence electrons. The standard InChI is InChI=1S/C23H21N3O/c1-2-3-6-16-7-4-8-17(11-16)22(27)21-15-26-23-20(21)12-19(14-25-23)18-9-5-10-24-13-18/h4-5,7-15H,2-3,6H2,1H3,(H,25,26). The van der Waals surface area contributed by atoms with Crippen LogP contribution >= 0.6 is 0 Å². The van der Waals surface area contributed by atoms with Crippen LogP contribution in [-0.2, 0) is 6.42 Å². The normalized spacial score (nSPS) is 11.0. The highest BCUT2D eigenvalue weighted by Gasteiger charge is 2.16. The maximum Gasteiger partial charge on any atom is 0.195 e. The van der Waals surface area contributed by atoms with E-state index < -0.39 is 0 Å². The zero-order valence-corrected chi connectivity index (χ0v) is 15.3. The third-order valence-electron chi connectivity index (χ3n) is 4.78. The van der Waals surface area contributed by atoms with Gasteiger partial charge < -0.3 is 4.98 Å². The molecule has 0 amide bonds. The molecule has 0 saturated carbocycles. The van der Waals surface area contributed by atoms with Crippen LogP contribution in [0.5, 0.6) is 0 Å². The number of aromatic amines is 1. The molecule has 0 bridgehead atoms. The molecular formula is C23H21N3O. The number of aromatic nitrogens is 3. The molecule has 1 aromatic carbocycles. The molecule has 4 nitrogen and oxygen atoms in total. The van der Waals surface area contributed by atoms with Gasteiger partial charge in [0.15, 0.2) is 5.78 Å². The Morgan fingerprint density at radius 2 is 2.00 bits per heavy atom. The number of ketones is 1. The molecule has 0 aliphatic carbocycles. The molecule has 3 aromatic heterocycles. The molecule has 0 atom stereocenters. The van der Waals surface area contributed by atoms with Crippen LogP contribution in [0.3, 0.4) is 0 Å². The number of hydrogen-bond donors (Lipinski definition) is 1. The summed E-state index contributed by atoms with van der Waals surface area (Å²) in [6.45, 7) is 2.17. The lowest BCUT2D eigenvalue weighted by Gasteiger charge is -2.05. The molecule has 0 fully saturated rings. The van der Waals surface area contributed by atoms with Gasteiger partial charge in [0.25, 0.3) is 0 Å². The Kier molecular flexibility index (Phi) is 4.79. The summed E-state index contributed by atoms with van der Waals surface area (Å²) >= 11 is 0. The van der Waals surface area contributed by atoms with Crippen molar-refractivity contribution >= 4 is 16.8 Å². The first-order valence-corrected chi connectivity index (χ1v) is 9.27. The van der Waals surface area contributed by atoms with Crippen LogP contribution in [-0.4, -0.2) is 20.7 Å². The van der Waals surface area contributed by atoms with Crippen molar-refractivity contribution in [3.63, 3.8) is 0 Å². The van der Waals surface area contributed by atoms with Crippen molar-refractivity contribution in [2.24, 2.45) is 0 Å². The van der Waals surface area contributed by atoms with E-state index in [1.807, 2.05) is 36.4 Å². The molecular weight excluding hydrogens is 334 g/mol. The molecule has 1 N–H and O–H groups in total. The third-order valence-corrected chi connectivity index (χ3v) is 4.78. The minimum atomic E-state index is 0.0183. The van der Waals surface area contributed by atoms with Crippen LogP contribution in [0.15, 0.2) is 67.3 Å². The van der Waals surface area contributed by atoms with Gasteiger partial charge in [0.05, 0.1) is 0 Å². The Morgan fingerprint density at radius 3 is 2.81 bits per heavy atom. The molecule has 0 radical (unpaired) electrons. The summed E-state index contributed by atoms with van der Waals surface area (Å²) in [5.41, 5.74) is 5.21. The van der Waals surface area contributed by atoms with Gasteiger partial charge in [-0.15, -0.1) is 0 Å². The number of pyridine rings is 2. The Morgan fingerprint density at radius 1 is 1.07 bits per heavy atom. The first-order valence-electron chi connectivity index (χ1n) is 9.27. The highest BCUT2D eigenvalue weighted by atomic mass is 16.1. The van der Waals surface area contributed by atoms with Gasteiger partial charge in [0.2, 0.25) is 0 Å². The summed E-state index contributed by atoms with van der Waals surface area (Å²) in [5.74, 6) is 0.0183. The Labute approximate surface area is 158 Å². The quantitative estimate of drug-likeness (QED) is 0.484. The fourth-order valence-electron chi connectivity index (χ4n) is 3.29. The van der Waals surface area contributed by atoms with Gasteiger partial charge >= 0.3 is 0 Å². The molecule has 4 heteroatoms. The highest BCUT2D eigenvalue weighted by molar-refractivity contribution is 6.16. The van der Waals surface area contributed by atoms with Gasteiger partial charge in [0, 0.05) is 52.4 Å². The van der Waals surface area contributed by atoms with Crippen molar-refractivity contribution in [2.75, 3.05) is 0 Å². The van der Waals surface area contributed by atoms with Crippen molar-refractivity contribution in [3.05, 3.63) is 83.9 Å². The minimum Gasteiger partial charge on any atom is -0.345 e. The van der Waals surface area contributed by atoms with Crippen LogP contribution in [0.1, 0.15) is 41.3 Å². The maximum atomic E-state index is 13.1. The first-order chi connectivity index (χ1) is 13.3. The molecule has 0 saturated heterocycles. The van der Waals surface area contributed by atoms with Crippen LogP contribution in [0, 0.1) is 0 Å². The Balaban J connectivity index is 1.72. The van der Waals surface area contributed by atoms with E-state index in [2.05, 4.69) is 27.9 Å². The van der Waals surface area contributed by atoms with Crippen LogP contribution in [0.2, 0.25) is 0 Å². The SMILES string of the molecule is CCCCc1cccc(C(=O)c2c[nH]c3ncc(-c4cccnc4)cc23)c1. The van der Waals surface area contributed by atoms with Crippen molar-refractivity contribution < 1.29 is 4.79 Å². The van der Waals surface area contributed by atoms with Crippen molar-refractivity contribution in [3.8, 4) is 11.1 Å². The summed E-state index contributed by atoms with van der Waals surface area (Å²) in [7, 11) is 0. The van der Waals surface area contributed by atoms with E-state index in [0.29, 0.717) is 11.2 Å². The molecule has 4 aromatic rings. The lowest BCUT2D eigenvalue weighted by molar-refractivity contribution is 0.104. The van der Waals surface area contributed by atoms with E-state index in [1.54, 1.807) is 24.8 Å². The van der Waals surface area contributed by atoms with Crippen LogP contribution in [0.25, 0.3) is 22.2 Å². The average molecular weight is 355 g/mol. The molecule has 0 spiro atoms. The molecule has 0 aliphatic rings. The third kappa shape index (κ3) is 3.51. The van der Waals surface area contributed by atoms with Gasteiger partial charge in [-0.3, -0.25) is 9.78 Å². The number of fused-ring (bicyclic) bond motifs is 1. The lowest BCUT2D eigenvalue weighted by atomic mass is 9.98. The number of nitrogens with one attached hydrogen (secondary N) is 1. The molecule has 4 rings (SSSR count). The number of rotatable bonds is 6. The topological polar surface area (TPSA) is 58.6 Å². The molecule has 3 heterocycles. The van der Waals surface area contributed by atoms with Gasteiger partial charge in [0.1, 0.15) is 5.65 Å². The second-order valence-electron chi connectivity index (χ2n) is 6.70. The monoisotopic (exact) mass is 355 g/mol. The maximum absolute atomic E-state index is 13.1.